The molecule has 3 rings (SSSR count). The van der Waals surface area contributed by atoms with Gasteiger partial charge in [-0.1, -0.05) is 68.5 Å². The second-order valence-corrected chi connectivity index (χ2v) is 12.5. The second-order valence-electron chi connectivity index (χ2n) is 9.58. The van der Waals surface area contributed by atoms with Crippen molar-refractivity contribution in [2.24, 2.45) is 0 Å². The Labute approximate surface area is 211 Å². The summed E-state index contributed by atoms with van der Waals surface area (Å²) in [6.07, 6.45) is 1.93. The highest BCUT2D eigenvalue weighted by Gasteiger charge is 2.27. The number of hydrogen-bond donors (Lipinski definition) is 1. The molecule has 2 aromatic carbocycles. The lowest BCUT2D eigenvalue weighted by Crippen LogP contribution is -2.24. The van der Waals surface area contributed by atoms with E-state index < -0.39 is 16.0 Å². The summed E-state index contributed by atoms with van der Waals surface area (Å²) >= 11 is 1.54. The van der Waals surface area contributed by atoms with Crippen LogP contribution in [0.2, 0.25) is 0 Å². The van der Waals surface area contributed by atoms with E-state index in [1.165, 1.54) is 16.9 Å². The Balaban J connectivity index is 0.00000289. The number of nitrogens with zero attached hydrogens (tertiary/aromatic N) is 1. The van der Waals surface area contributed by atoms with Crippen LogP contribution in [-0.4, -0.2) is 19.3 Å². The first-order chi connectivity index (χ1) is 14.9. The molecule has 1 aromatic heterocycles. The molecule has 0 bridgehead atoms. The molecule has 0 unspecified atom stereocenters. The molecule has 3 aromatic rings. The predicted octanol–water partition coefficient (Wildman–Crippen LogP) is 8.03. The fourth-order valence-electron chi connectivity index (χ4n) is 3.45. The van der Waals surface area contributed by atoms with Gasteiger partial charge in [0.2, 0.25) is 5.94 Å². The van der Waals surface area contributed by atoms with Crippen molar-refractivity contribution in [3.63, 3.8) is 0 Å². The zero-order valence-electron chi connectivity index (χ0n) is 20.1. The maximum atomic E-state index is 12.8. The number of sulfonamides is 1. The van der Waals surface area contributed by atoms with Crippen molar-refractivity contribution in [2.75, 3.05) is 10.7 Å². The van der Waals surface area contributed by atoms with Crippen LogP contribution in [0.25, 0.3) is 10.2 Å². The lowest BCUT2D eigenvalue weighted by Gasteiger charge is -2.30. The predicted molar refractivity (Wildman–Crippen MR) is 149 cm³/mol. The number of anilines is 1. The summed E-state index contributed by atoms with van der Waals surface area (Å²) in [6.45, 7) is 15.0. The SMILES string of the molecule is C.C.CCC(C)(C)c1ccc(OCS(=O)(=O)Nc2ccc3nc(C)sc3c2)c(C(C)(C)CC)c1. The van der Waals surface area contributed by atoms with Gasteiger partial charge in [-0.2, -0.15) is 0 Å². The van der Waals surface area contributed by atoms with Crippen LogP contribution in [0.15, 0.2) is 36.4 Å². The van der Waals surface area contributed by atoms with E-state index in [2.05, 4.69) is 57.3 Å². The van der Waals surface area contributed by atoms with Gasteiger partial charge in [0.25, 0.3) is 10.0 Å². The first-order valence-corrected chi connectivity index (χ1v) is 13.5. The summed E-state index contributed by atoms with van der Waals surface area (Å²) in [4.78, 5) is 4.41. The Hall–Kier alpha value is -2.12. The van der Waals surface area contributed by atoms with Gasteiger partial charge >= 0.3 is 0 Å². The Morgan fingerprint density at radius 1 is 0.971 bits per heavy atom. The number of benzene rings is 2. The number of fused-ring (bicyclic) bond motifs is 1. The lowest BCUT2D eigenvalue weighted by molar-refractivity contribution is 0.358. The van der Waals surface area contributed by atoms with Crippen molar-refractivity contribution in [3.05, 3.63) is 52.5 Å². The summed E-state index contributed by atoms with van der Waals surface area (Å²) in [7, 11) is -3.69. The number of ether oxygens (including phenoxy) is 1. The van der Waals surface area contributed by atoms with E-state index in [0.29, 0.717) is 11.4 Å². The van der Waals surface area contributed by atoms with Crippen molar-refractivity contribution in [1.82, 2.24) is 4.98 Å². The third-order valence-electron chi connectivity index (χ3n) is 6.40. The van der Waals surface area contributed by atoms with E-state index >= 15 is 0 Å². The van der Waals surface area contributed by atoms with Crippen LogP contribution in [-0.2, 0) is 20.9 Å². The summed E-state index contributed by atoms with van der Waals surface area (Å²) in [5.74, 6) is 0.169. The summed E-state index contributed by atoms with van der Waals surface area (Å²) in [5, 5.41) is 0.948. The highest BCUT2D eigenvalue weighted by Crippen LogP contribution is 2.38. The zero-order chi connectivity index (χ0) is 23.7. The van der Waals surface area contributed by atoms with Gasteiger partial charge in [-0.15, -0.1) is 11.3 Å². The van der Waals surface area contributed by atoms with Crippen LogP contribution >= 0.6 is 11.3 Å². The molecule has 5 nitrogen and oxygen atoms in total. The first-order valence-electron chi connectivity index (χ1n) is 11.0. The van der Waals surface area contributed by atoms with Crippen LogP contribution < -0.4 is 9.46 Å². The second kappa shape index (κ2) is 11.1. The molecule has 0 radical (unpaired) electrons. The summed E-state index contributed by atoms with van der Waals surface area (Å²) < 4.78 is 35.0. The molecule has 0 saturated carbocycles. The summed E-state index contributed by atoms with van der Waals surface area (Å²) in [6, 6.07) is 11.5. The fourth-order valence-corrected chi connectivity index (χ4v) is 5.15. The molecule has 1 heterocycles. The van der Waals surface area contributed by atoms with Gasteiger partial charge in [0.05, 0.1) is 20.9 Å². The Bertz CT molecular complexity index is 1210. The van der Waals surface area contributed by atoms with Gasteiger partial charge in [0.1, 0.15) is 5.75 Å². The summed E-state index contributed by atoms with van der Waals surface area (Å²) in [5.41, 5.74) is 3.56. The third-order valence-corrected chi connectivity index (χ3v) is 8.30. The normalized spacial score (nSPS) is 12.1. The smallest absolute Gasteiger partial charge is 0.268 e. The van der Waals surface area contributed by atoms with Gasteiger partial charge in [-0.3, -0.25) is 4.72 Å². The first kappa shape index (κ1) is 29.9. The molecule has 0 atom stereocenters. The molecule has 0 fully saturated rings. The molecular formula is C27H42N2O3S2. The van der Waals surface area contributed by atoms with E-state index in [-0.39, 0.29) is 25.7 Å². The van der Waals surface area contributed by atoms with Crippen LogP contribution in [0.3, 0.4) is 0 Å². The standard InChI is InChI=1S/C25H34N2O3S2.2CH4/c1-8-24(4,5)18-10-13-22(20(14-18)25(6,7)9-2)30-16-32(28,29)27-19-11-12-21-23(15-19)31-17(3)26-21;;/h10-15,27H,8-9,16H2,1-7H3;2*1H4. The van der Waals surface area contributed by atoms with Gasteiger partial charge in [0.15, 0.2) is 0 Å². The molecule has 0 aliphatic heterocycles. The van der Waals surface area contributed by atoms with Gasteiger partial charge in [-0.05, 0) is 60.4 Å². The molecule has 0 saturated heterocycles. The minimum atomic E-state index is -3.69. The number of aromatic nitrogens is 1. The minimum Gasteiger partial charge on any atom is -0.475 e. The number of rotatable bonds is 9. The van der Waals surface area contributed by atoms with E-state index in [0.717, 1.165) is 33.6 Å². The monoisotopic (exact) mass is 506 g/mol. The van der Waals surface area contributed by atoms with E-state index in [1.54, 1.807) is 6.07 Å². The quantitative estimate of drug-likeness (QED) is 0.319. The highest BCUT2D eigenvalue weighted by atomic mass is 32.2. The van der Waals surface area contributed by atoms with E-state index in [1.807, 2.05) is 31.2 Å². The van der Waals surface area contributed by atoms with E-state index in [9.17, 15) is 8.42 Å². The Kier molecular flexibility index (Phi) is 9.75. The third kappa shape index (κ3) is 6.72. The average molecular weight is 507 g/mol. The number of nitrogens with one attached hydrogen (secondary N) is 1. The Morgan fingerprint density at radius 2 is 1.62 bits per heavy atom. The number of thiazole rings is 1. The molecule has 0 aliphatic carbocycles. The molecule has 190 valence electrons. The van der Waals surface area contributed by atoms with Crippen molar-refractivity contribution in [2.45, 2.75) is 87.0 Å². The number of hydrogen-bond acceptors (Lipinski definition) is 5. The molecule has 1 N–H and O–H groups in total. The van der Waals surface area contributed by atoms with Crippen molar-refractivity contribution < 1.29 is 13.2 Å². The van der Waals surface area contributed by atoms with Crippen molar-refractivity contribution in [1.29, 1.82) is 0 Å². The van der Waals surface area contributed by atoms with E-state index in [4.69, 9.17) is 4.74 Å². The van der Waals surface area contributed by atoms with Crippen LogP contribution in [0, 0.1) is 6.92 Å². The van der Waals surface area contributed by atoms with Gasteiger partial charge in [-0.25, -0.2) is 13.4 Å². The zero-order valence-corrected chi connectivity index (χ0v) is 21.7. The van der Waals surface area contributed by atoms with Gasteiger partial charge < -0.3 is 4.74 Å². The highest BCUT2D eigenvalue weighted by molar-refractivity contribution is 7.92. The topological polar surface area (TPSA) is 68.3 Å². The van der Waals surface area contributed by atoms with Gasteiger partial charge in [0, 0.05) is 5.56 Å². The van der Waals surface area contributed by atoms with Crippen molar-refractivity contribution >= 4 is 37.3 Å². The van der Waals surface area contributed by atoms with Crippen LogP contribution in [0.1, 0.15) is 85.4 Å². The molecule has 0 spiro atoms. The average Bonchev–Trinajstić information content (AvgIpc) is 3.11. The maximum absolute atomic E-state index is 12.8. The molecule has 7 heteroatoms. The molecule has 34 heavy (non-hydrogen) atoms. The molecule has 0 aliphatic rings. The minimum absolute atomic E-state index is 0. The maximum Gasteiger partial charge on any atom is 0.268 e. The Morgan fingerprint density at radius 3 is 2.24 bits per heavy atom. The van der Waals surface area contributed by atoms with Crippen LogP contribution in [0.5, 0.6) is 5.75 Å². The molecular weight excluding hydrogens is 464 g/mol. The van der Waals surface area contributed by atoms with Crippen LogP contribution in [0.4, 0.5) is 5.69 Å². The van der Waals surface area contributed by atoms with Crippen molar-refractivity contribution in [3.8, 4) is 5.75 Å². The fraction of sp³-hybridized carbons (Fsp3) is 0.519. The lowest BCUT2D eigenvalue weighted by atomic mass is 9.76. The largest absolute Gasteiger partial charge is 0.475 e. The number of aryl methyl sites for hydroxylation is 1. The molecule has 0 amide bonds.